The average molecular weight is 799 g/mol. The summed E-state index contributed by atoms with van der Waals surface area (Å²) in [4.78, 5) is 53.1. The molecule has 0 aromatic heterocycles. The summed E-state index contributed by atoms with van der Waals surface area (Å²) in [5, 5.41) is 101. The van der Waals surface area contributed by atoms with Gasteiger partial charge in [-0.05, 0) is 37.0 Å². The van der Waals surface area contributed by atoms with E-state index in [1.165, 1.54) is 13.8 Å². The van der Waals surface area contributed by atoms with Gasteiger partial charge in [0.15, 0.2) is 12.1 Å². The fraction of sp³-hybridized carbons (Fsp3) is 0.667. The fourth-order valence-corrected chi connectivity index (χ4v) is 9.95. The molecule has 2 aliphatic heterocycles. The number of carbonyl (C=O) groups is 4. The lowest BCUT2D eigenvalue weighted by Gasteiger charge is -2.57. The molecule has 14 unspecified atom stereocenters. The molecule has 1 aromatic carbocycles. The van der Waals surface area contributed by atoms with Crippen LogP contribution in [-0.2, 0) is 28.6 Å². The number of aliphatic hydroxyl groups excluding tert-OH is 7. The van der Waals surface area contributed by atoms with Crippen LogP contribution in [-0.4, -0.2) is 172 Å². The minimum absolute atomic E-state index is 0.140. The number of ketones is 1. The number of aliphatic carboxylic acids is 1. The molecule has 19 heteroatoms. The Balaban J connectivity index is 1.48. The van der Waals surface area contributed by atoms with Gasteiger partial charge in [0.05, 0.1) is 37.4 Å². The second kappa shape index (κ2) is 16.4. The highest BCUT2D eigenvalue weighted by Crippen LogP contribution is 2.58. The number of rotatable bonds is 11. The summed E-state index contributed by atoms with van der Waals surface area (Å²) in [5.74, 6) is -4.96. The van der Waals surface area contributed by atoms with Gasteiger partial charge >= 0.3 is 5.97 Å². The lowest BCUT2D eigenvalue weighted by molar-refractivity contribution is -0.315. The van der Waals surface area contributed by atoms with Gasteiger partial charge in [-0.3, -0.25) is 19.2 Å². The van der Waals surface area contributed by atoms with E-state index in [0.717, 1.165) is 18.7 Å². The smallest absolute Gasteiger partial charge is 0.305 e. The van der Waals surface area contributed by atoms with Gasteiger partial charge in [-0.1, -0.05) is 31.7 Å². The highest BCUT2D eigenvalue weighted by Gasteiger charge is 2.67. The maximum Gasteiger partial charge on any atom is 0.305 e. The molecule has 18 nitrogen and oxygen atoms in total. The molecule has 0 spiro atoms. The molecule has 14 atom stereocenters. The molecule has 5 rings (SSSR count). The normalized spacial score (nSPS) is 40.8. The Morgan fingerprint density at radius 1 is 1.02 bits per heavy atom. The Bertz CT molecular complexity index is 1650. The summed E-state index contributed by atoms with van der Waals surface area (Å²) >= 11 is 0.782. The molecule has 0 bridgehead atoms. The van der Waals surface area contributed by atoms with E-state index in [0.29, 0.717) is 11.1 Å². The standard InChI is InChI=1S/C36H50N2O16S/c1-13-7-6-8-19-23(13)15(3)36(51)16(4)52-18(9-22(41)42)10-35(36,32(19)49)55-12-20(37-17(5)40)33(50)38-24-28(46)27(45)21(11-39)53-34(24)54-31-29(47)25(43)14(2)26(44)30(31)48/h6-8,14,16,18,20-21,24-31,34,39,43-48,51H,3,9-12H2,1-2,4-5H3,(H,37,40)(H,38,50)(H,41,42). The largest absolute Gasteiger partial charge is 0.481 e. The van der Waals surface area contributed by atoms with Crippen LogP contribution in [0.5, 0.6) is 0 Å². The van der Waals surface area contributed by atoms with E-state index in [1.807, 2.05) is 0 Å². The highest BCUT2D eigenvalue weighted by atomic mass is 32.2. The van der Waals surface area contributed by atoms with Gasteiger partial charge in [-0.15, -0.1) is 11.8 Å². The topological polar surface area (TPSA) is 302 Å². The van der Waals surface area contributed by atoms with Crippen LogP contribution < -0.4 is 10.6 Å². The summed E-state index contributed by atoms with van der Waals surface area (Å²) in [7, 11) is 0. The Morgan fingerprint density at radius 2 is 1.65 bits per heavy atom. The van der Waals surface area contributed by atoms with Crippen LogP contribution in [0, 0.1) is 12.8 Å². The van der Waals surface area contributed by atoms with Gasteiger partial charge in [0.25, 0.3) is 0 Å². The van der Waals surface area contributed by atoms with Crippen LogP contribution in [0.3, 0.4) is 0 Å². The van der Waals surface area contributed by atoms with E-state index in [9.17, 15) is 65.1 Å². The number of carboxylic acids is 1. The number of thioether (sulfide) groups is 1. The van der Waals surface area contributed by atoms with Crippen LogP contribution in [0.2, 0.25) is 0 Å². The fourth-order valence-electron chi connectivity index (χ4n) is 8.21. The third kappa shape index (κ3) is 7.58. The van der Waals surface area contributed by atoms with Gasteiger partial charge in [0, 0.05) is 24.2 Å². The summed E-state index contributed by atoms with van der Waals surface area (Å²) in [6.45, 7) is 9.02. The number of amides is 2. The molecule has 0 radical (unpaired) electrons. The second-order valence-corrected chi connectivity index (χ2v) is 16.1. The number of benzene rings is 1. The third-order valence-electron chi connectivity index (χ3n) is 11.3. The number of aryl methyl sites for hydroxylation is 1. The molecule has 2 aliphatic carbocycles. The van der Waals surface area contributed by atoms with E-state index in [4.69, 9.17) is 14.2 Å². The number of ether oxygens (including phenoxy) is 3. The van der Waals surface area contributed by atoms with Crippen LogP contribution in [0.25, 0.3) is 5.57 Å². The average Bonchev–Trinajstić information content (AvgIpc) is 3.12. The molecule has 2 saturated heterocycles. The van der Waals surface area contributed by atoms with Crippen molar-refractivity contribution in [3.05, 3.63) is 41.5 Å². The summed E-state index contributed by atoms with van der Waals surface area (Å²) in [5.41, 5.74) is -0.752. The minimum Gasteiger partial charge on any atom is -0.481 e. The van der Waals surface area contributed by atoms with Gasteiger partial charge in [-0.2, -0.15) is 0 Å². The van der Waals surface area contributed by atoms with Crippen molar-refractivity contribution in [1.29, 1.82) is 0 Å². The predicted octanol–water partition coefficient (Wildman–Crippen LogP) is -3.03. The first-order valence-electron chi connectivity index (χ1n) is 17.9. The molecule has 55 heavy (non-hydrogen) atoms. The van der Waals surface area contributed by atoms with Crippen LogP contribution in [0.4, 0.5) is 0 Å². The summed E-state index contributed by atoms with van der Waals surface area (Å²) in [6.07, 6.45) is -18.7. The van der Waals surface area contributed by atoms with Crippen molar-refractivity contribution in [1.82, 2.24) is 10.6 Å². The molecule has 306 valence electrons. The Morgan fingerprint density at radius 3 is 2.24 bits per heavy atom. The zero-order valence-electron chi connectivity index (χ0n) is 30.6. The monoisotopic (exact) mass is 798 g/mol. The molecule has 2 heterocycles. The molecule has 4 aliphatic rings. The Kier molecular flexibility index (Phi) is 12.9. The molecule has 1 saturated carbocycles. The molecule has 3 fully saturated rings. The molecule has 11 N–H and O–H groups in total. The van der Waals surface area contributed by atoms with Crippen LogP contribution in [0.15, 0.2) is 24.8 Å². The van der Waals surface area contributed by atoms with E-state index in [1.54, 1.807) is 25.1 Å². The zero-order chi connectivity index (χ0) is 40.9. The Hall–Kier alpha value is -3.05. The van der Waals surface area contributed by atoms with Crippen molar-refractivity contribution in [2.24, 2.45) is 5.92 Å². The van der Waals surface area contributed by atoms with E-state index < -0.39 is 138 Å². The number of fused-ring (bicyclic) bond motifs is 2. The first-order valence-corrected chi connectivity index (χ1v) is 18.9. The van der Waals surface area contributed by atoms with Crippen LogP contribution in [0.1, 0.15) is 55.1 Å². The number of nitrogens with one attached hydrogen (secondary N) is 2. The Labute approximate surface area is 320 Å². The van der Waals surface area contributed by atoms with E-state index in [-0.39, 0.29) is 17.6 Å². The minimum atomic E-state index is -2.13. The number of Topliss-reactive ketones (excluding diaryl/α,β-unsaturated/α-hetero) is 1. The maximum atomic E-state index is 14.7. The number of hydrogen-bond acceptors (Lipinski definition) is 16. The van der Waals surface area contributed by atoms with Gasteiger partial charge in [0.2, 0.25) is 11.8 Å². The summed E-state index contributed by atoms with van der Waals surface area (Å²) in [6, 6.07) is 1.65. The molecular weight excluding hydrogens is 748 g/mol. The quantitative estimate of drug-likeness (QED) is 0.106. The third-order valence-corrected chi connectivity index (χ3v) is 12.9. The van der Waals surface area contributed by atoms with Crippen molar-refractivity contribution in [2.75, 3.05) is 12.4 Å². The lowest BCUT2D eigenvalue weighted by Crippen LogP contribution is -2.71. The second-order valence-electron chi connectivity index (χ2n) is 14.8. The van der Waals surface area contributed by atoms with Gasteiger partial charge in [0.1, 0.15) is 59.1 Å². The SMILES string of the molecule is C=C1c2c(C)cccc2C(=O)C2(SCC(NC(C)=O)C(=O)NC3C(OC4C(O)C(O)C(C)C(O)C4O)OC(CO)C(O)C3O)CC(CC(=O)O)OC(C)C12O. The van der Waals surface area contributed by atoms with Crippen molar-refractivity contribution in [3.63, 3.8) is 0 Å². The van der Waals surface area contributed by atoms with E-state index in [2.05, 4.69) is 17.2 Å². The van der Waals surface area contributed by atoms with Crippen molar-refractivity contribution < 1.29 is 79.3 Å². The lowest BCUT2D eigenvalue weighted by atomic mass is 9.62. The zero-order valence-corrected chi connectivity index (χ0v) is 31.5. The van der Waals surface area contributed by atoms with Crippen molar-refractivity contribution in [2.45, 2.75) is 130 Å². The number of carbonyl (C=O) groups excluding carboxylic acids is 3. The first kappa shape index (κ1) is 43.1. The highest BCUT2D eigenvalue weighted by molar-refractivity contribution is 8.01. The van der Waals surface area contributed by atoms with Gasteiger partial charge < -0.3 is 70.8 Å². The number of hydrogen-bond donors (Lipinski definition) is 11. The number of carboxylic acid groups (broad SMARTS) is 1. The number of aliphatic hydroxyl groups is 8. The predicted molar refractivity (Wildman–Crippen MR) is 191 cm³/mol. The van der Waals surface area contributed by atoms with E-state index >= 15 is 0 Å². The van der Waals surface area contributed by atoms with Gasteiger partial charge in [-0.25, -0.2) is 0 Å². The molecule has 1 aromatic rings. The molecular formula is C36H50N2O16S. The first-order chi connectivity index (χ1) is 25.7. The van der Waals surface area contributed by atoms with Crippen molar-refractivity contribution in [3.8, 4) is 0 Å². The van der Waals surface area contributed by atoms with Crippen molar-refractivity contribution >= 4 is 40.9 Å². The van der Waals surface area contributed by atoms with Crippen LogP contribution >= 0.6 is 11.8 Å². The molecule has 2 amide bonds. The maximum absolute atomic E-state index is 14.7. The summed E-state index contributed by atoms with van der Waals surface area (Å²) < 4.78 is 15.5.